The Hall–Kier alpha value is -7.34. The molecule has 0 aliphatic carbocycles. The Morgan fingerprint density at radius 2 is 1.54 bits per heavy atom. The summed E-state index contributed by atoms with van der Waals surface area (Å²) in [6.07, 6.45) is 2.91. The number of piperazine rings is 1. The number of anilines is 6. The van der Waals surface area contributed by atoms with E-state index >= 15 is 4.39 Å². The maximum absolute atomic E-state index is 16.2. The predicted octanol–water partition coefficient (Wildman–Crippen LogP) is 6.89. The van der Waals surface area contributed by atoms with Crippen molar-refractivity contribution in [3.05, 3.63) is 107 Å². The molecule has 9 rings (SSSR count). The van der Waals surface area contributed by atoms with Crippen LogP contribution >= 0.6 is 0 Å². The number of carbonyl (C=O) groups is 5. The van der Waals surface area contributed by atoms with Crippen LogP contribution in [0.1, 0.15) is 77.6 Å². The number of hydrogen-bond acceptors (Lipinski definition) is 12. The van der Waals surface area contributed by atoms with Crippen LogP contribution in [0.15, 0.2) is 72.8 Å². The van der Waals surface area contributed by atoms with E-state index in [4.69, 9.17) is 15.6 Å². The van der Waals surface area contributed by atoms with E-state index in [9.17, 15) is 24.0 Å². The largest absolute Gasteiger partial charge is 0.459 e. The quantitative estimate of drug-likeness (QED) is 0.116. The van der Waals surface area contributed by atoms with Crippen molar-refractivity contribution in [1.29, 1.82) is 0 Å². The Kier molecular flexibility index (Phi) is 13.3. The molecular weight excluding hydrogens is 894 g/mol. The number of pyridine rings is 1. The van der Waals surface area contributed by atoms with Gasteiger partial charge in [-0.15, -0.1) is 0 Å². The summed E-state index contributed by atoms with van der Waals surface area (Å²) in [6.45, 7) is 15.5. The molecule has 70 heavy (non-hydrogen) atoms. The van der Waals surface area contributed by atoms with Gasteiger partial charge < -0.3 is 30.9 Å². The number of fused-ring (bicyclic) bond motifs is 2. The molecule has 3 saturated heterocycles. The molecule has 6 heterocycles. The molecule has 3 aromatic carbocycles. The number of hydrogen-bond donors (Lipinski definition) is 3. The number of amides is 5. The summed E-state index contributed by atoms with van der Waals surface area (Å²) >= 11 is 0. The summed E-state index contributed by atoms with van der Waals surface area (Å²) in [6, 6.07) is 21.9. The van der Waals surface area contributed by atoms with Gasteiger partial charge in [0.1, 0.15) is 40.9 Å². The van der Waals surface area contributed by atoms with Gasteiger partial charge in [-0.2, -0.15) is 5.10 Å². The minimum absolute atomic E-state index is 0.0731. The van der Waals surface area contributed by atoms with E-state index in [-0.39, 0.29) is 46.8 Å². The molecule has 17 nitrogen and oxygen atoms in total. The summed E-state index contributed by atoms with van der Waals surface area (Å²) in [7, 11) is 0. The van der Waals surface area contributed by atoms with Gasteiger partial charge in [-0.3, -0.25) is 33.9 Å². The number of halogens is 1. The number of aryl methyl sites for hydroxylation is 3. The highest BCUT2D eigenvalue weighted by Crippen LogP contribution is 2.38. The zero-order valence-electron chi connectivity index (χ0n) is 40.4. The Morgan fingerprint density at radius 1 is 0.843 bits per heavy atom. The SMILES string of the molecule is Cc1cccc(NC(=O)c2ccc(-c3nn4c(c3C(N)=O)Nc3ccc(N5CCN(CC6CCN(c7ccc(N8CCC(=O)N(CC(=O)OC(C)(C)C)C8=O)cc7)CC6)CC5)cc3CC4)c(F)c2C)n1. The van der Waals surface area contributed by atoms with E-state index in [1.54, 1.807) is 42.5 Å². The number of primary amides is 1. The molecule has 5 aromatic rings. The molecule has 2 aromatic heterocycles. The van der Waals surface area contributed by atoms with E-state index in [0.29, 0.717) is 36.2 Å². The first-order valence-corrected chi connectivity index (χ1v) is 24.0. The van der Waals surface area contributed by atoms with Gasteiger partial charge in [0.15, 0.2) is 0 Å². The van der Waals surface area contributed by atoms with Gasteiger partial charge in [0, 0.05) is 105 Å². The fraction of sp³-hybridized carbons (Fsp3) is 0.404. The zero-order chi connectivity index (χ0) is 49.4. The standard InChI is InChI=1S/C52H60FN11O6/c1-32-7-6-8-42(55-32)57-50(68)39-14-15-40(46(53)33(39)2)47-45(48(54)67)49-56-41-16-13-38(29-35(41)19-24-64(49)58-47)61-27-25-59(26-28-61)30-34-17-21-60(22-18-34)36-9-11-37(12-10-36)62-23-20-43(65)63(51(62)69)31-44(66)70-52(3,4)5/h6-16,29,34,56H,17-28,30-31H2,1-5H3,(H2,54,67)(H,55,57,68). The van der Waals surface area contributed by atoms with E-state index in [1.807, 2.05) is 43.3 Å². The molecule has 0 radical (unpaired) electrons. The lowest BCUT2D eigenvalue weighted by Crippen LogP contribution is -2.54. The molecule has 4 aliphatic rings. The molecule has 4 N–H and O–H groups in total. The molecule has 0 unspecified atom stereocenters. The van der Waals surface area contributed by atoms with Crippen molar-refractivity contribution >= 4 is 64.1 Å². The van der Waals surface area contributed by atoms with Crippen molar-refractivity contribution in [3.63, 3.8) is 0 Å². The summed E-state index contributed by atoms with van der Waals surface area (Å²) < 4.78 is 23.2. The van der Waals surface area contributed by atoms with E-state index in [0.717, 1.165) is 91.9 Å². The van der Waals surface area contributed by atoms with Crippen LogP contribution in [0.4, 0.5) is 43.6 Å². The molecule has 5 amide bonds. The molecule has 0 atom stereocenters. The minimum atomic E-state index is -0.747. The lowest BCUT2D eigenvalue weighted by atomic mass is 9.95. The van der Waals surface area contributed by atoms with Crippen molar-refractivity contribution in [2.24, 2.45) is 11.7 Å². The van der Waals surface area contributed by atoms with Crippen molar-refractivity contribution in [1.82, 2.24) is 24.6 Å². The lowest BCUT2D eigenvalue weighted by molar-refractivity contribution is -0.157. The van der Waals surface area contributed by atoms with Crippen LogP contribution in [0.25, 0.3) is 11.3 Å². The van der Waals surface area contributed by atoms with Crippen LogP contribution in [-0.2, 0) is 27.3 Å². The van der Waals surface area contributed by atoms with Gasteiger partial charge in [-0.25, -0.2) is 18.9 Å². The first kappa shape index (κ1) is 47.7. The van der Waals surface area contributed by atoms with Crippen LogP contribution in [0.3, 0.4) is 0 Å². The van der Waals surface area contributed by atoms with Gasteiger partial charge >= 0.3 is 12.0 Å². The van der Waals surface area contributed by atoms with E-state index in [2.05, 4.69) is 42.5 Å². The van der Waals surface area contributed by atoms with Crippen molar-refractivity contribution in [2.75, 3.05) is 84.2 Å². The predicted molar refractivity (Wildman–Crippen MR) is 266 cm³/mol. The number of carbonyl (C=O) groups excluding carboxylic acids is 5. The fourth-order valence-corrected chi connectivity index (χ4v) is 9.90. The molecule has 366 valence electrons. The number of esters is 1. The third kappa shape index (κ3) is 10.2. The minimum Gasteiger partial charge on any atom is -0.459 e. The van der Waals surface area contributed by atoms with Crippen LogP contribution in [0.5, 0.6) is 0 Å². The summed E-state index contributed by atoms with van der Waals surface area (Å²) in [5, 5.41) is 10.8. The number of benzene rings is 3. The van der Waals surface area contributed by atoms with Gasteiger partial charge in [0.2, 0.25) is 5.91 Å². The van der Waals surface area contributed by atoms with E-state index in [1.165, 1.54) is 19.1 Å². The monoisotopic (exact) mass is 953 g/mol. The average molecular weight is 954 g/mol. The van der Waals surface area contributed by atoms with Gasteiger partial charge in [0.05, 0.1) is 0 Å². The number of piperidine rings is 1. The number of nitrogens with zero attached hydrogens (tertiary/aromatic N) is 8. The molecule has 0 saturated carbocycles. The molecule has 18 heteroatoms. The molecule has 0 bridgehead atoms. The number of aromatic nitrogens is 3. The first-order chi connectivity index (χ1) is 33.5. The number of urea groups is 1. The van der Waals surface area contributed by atoms with Gasteiger partial charge in [-0.1, -0.05) is 6.07 Å². The van der Waals surface area contributed by atoms with Crippen LogP contribution < -0.4 is 31.1 Å². The maximum atomic E-state index is 16.2. The normalized spacial score (nSPS) is 16.9. The lowest BCUT2D eigenvalue weighted by Gasteiger charge is -2.40. The average Bonchev–Trinajstić information content (AvgIpc) is 3.58. The van der Waals surface area contributed by atoms with Gasteiger partial charge in [0.25, 0.3) is 11.8 Å². The second kappa shape index (κ2) is 19.6. The summed E-state index contributed by atoms with van der Waals surface area (Å²) in [5.74, 6) is -1.58. The first-order valence-electron chi connectivity index (χ1n) is 24.0. The maximum Gasteiger partial charge on any atom is 0.331 e. The third-order valence-corrected chi connectivity index (χ3v) is 13.6. The van der Waals surface area contributed by atoms with E-state index < -0.39 is 41.8 Å². The number of ether oxygens (including phenoxy) is 1. The molecular formula is C52H60FN11O6. The fourth-order valence-electron chi connectivity index (χ4n) is 9.90. The number of imide groups is 1. The Labute approximate surface area is 406 Å². The Morgan fingerprint density at radius 3 is 2.24 bits per heavy atom. The third-order valence-electron chi connectivity index (χ3n) is 13.6. The Balaban J connectivity index is 0.771. The smallest absolute Gasteiger partial charge is 0.331 e. The summed E-state index contributed by atoms with van der Waals surface area (Å²) in [4.78, 5) is 78.7. The second-order valence-corrected chi connectivity index (χ2v) is 19.6. The Bertz CT molecular complexity index is 2840. The number of nitrogens with one attached hydrogen (secondary N) is 2. The highest BCUT2D eigenvalue weighted by molar-refractivity contribution is 6.08. The van der Waals surface area contributed by atoms with Crippen molar-refractivity contribution in [2.45, 2.75) is 72.4 Å². The van der Waals surface area contributed by atoms with Crippen LogP contribution in [-0.4, -0.2) is 119 Å². The number of rotatable bonds is 11. The van der Waals surface area contributed by atoms with Crippen LogP contribution in [0.2, 0.25) is 0 Å². The van der Waals surface area contributed by atoms with Gasteiger partial charge in [-0.05, 0) is 138 Å². The summed E-state index contributed by atoms with van der Waals surface area (Å²) in [5.41, 5.74) is 11.3. The van der Waals surface area contributed by atoms with Crippen LogP contribution in [0, 0.1) is 25.6 Å². The highest BCUT2D eigenvalue weighted by atomic mass is 19.1. The molecule has 4 aliphatic heterocycles. The highest BCUT2D eigenvalue weighted by Gasteiger charge is 2.36. The topological polar surface area (TPSA) is 192 Å². The van der Waals surface area contributed by atoms with Crippen molar-refractivity contribution < 1.29 is 33.1 Å². The molecule has 3 fully saturated rings. The number of nitrogens with two attached hydrogens (primary N) is 1. The zero-order valence-corrected chi connectivity index (χ0v) is 40.4. The molecule has 0 spiro atoms. The van der Waals surface area contributed by atoms with Crippen molar-refractivity contribution in [3.8, 4) is 11.3 Å². The second-order valence-electron chi connectivity index (χ2n) is 19.6.